The van der Waals surface area contributed by atoms with Crippen LogP contribution in [0.4, 0.5) is 5.69 Å². The number of benzene rings is 1. The van der Waals surface area contributed by atoms with Crippen molar-refractivity contribution in [2.45, 2.75) is 32.6 Å². The summed E-state index contributed by atoms with van der Waals surface area (Å²) in [6, 6.07) is 15.2. The van der Waals surface area contributed by atoms with Crippen molar-refractivity contribution in [3.05, 3.63) is 59.6 Å². The number of carbonyl (C=O) groups is 2. The van der Waals surface area contributed by atoms with Crippen LogP contribution >= 0.6 is 11.3 Å². The lowest BCUT2D eigenvalue weighted by atomic mass is 9.82. The highest BCUT2D eigenvalue weighted by atomic mass is 32.1. The van der Waals surface area contributed by atoms with Gasteiger partial charge in [-0.05, 0) is 55.4 Å². The van der Waals surface area contributed by atoms with Crippen LogP contribution in [0, 0.1) is 11.8 Å². The Hall–Kier alpha value is -3.49. The Morgan fingerprint density at radius 3 is 2.51 bits per heavy atom. The number of carboxylic acids is 1. The molecule has 0 aliphatic heterocycles. The van der Waals surface area contributed by atoms with E-state index in [1.54, 1.807) is 18.2 Å². The minimum Gasteiger partial charge on any atom is -0.477 e. The van der Waals surface area contributed by atoms with E-state index < -0.39 is 5.97 Å². The first kappa shape index (κ1) is 25.2. The second-order valence-electron chi connectivity index (χ2n) is 9.64. The number of ether oxygens (including phenoxy) is 1. The molecule has 0 unspecified atom stereocenters. The van der Waals surface area contributed by atoms with Crippen LogP contribution in [0.15, 0.2) is 59.1 Å². The number of pyridine rings is 1. The number of aromatic carboxylic acids is 1. The molecule has 1 aromatic carbocycles. The fourth-order valence-corrected chi connectivity index (χ4v) is 5.95. The lowest BCUT2D eigenvalue weighted by Gasteiger charge is -2.31. The number of aromatic nitrogens is 1. The van der Waals surface area contributed by atoms with Crippen LogP contribution < -0.4 is 4.90 Å². The van der Waals surface area contributed by atoms with E-state index in [2.05, 4.69) is 11.9 Å². The maximum absolute atomic E-state index is 13.6. The molecule has 192 valence electrons. The summed E-state index contributed by atoms with van der Waals surface area (Å²) in [6.45, 7) is 2.87. The number of hydrogen-bond donors (Lipinski definition) is 1. The molecule has 1 aliphatic rings. The van der Waals surface area contributed by atoms with Crippen LogP contribution in [0.2, 0.25) is 0 Å². The summed E-state index contributed by atoms with van der Waals surface area (Å²) in [6.07, 6.45) is 5.43. The molecule has 1 aliphatic carbocycles. The number of fused-ring (bicyclic) bond motifs is 1. The molecule has 3 heterocycles. The van der Waals surface area contributed by atoms with Gasteiger partial charge in [0.2, 0.25) is 5.91 Å². The molecule has 0 bridgehead atoms. The Kier molecular flexibility index (Phi) is 7.39. The van der Waals surface area contributed by atoms with E-state index in [0.29, 0.717) is 24.8 Å². The molecule has 37 heavy (non-hydrogen) atoms. The van der Waals surface area contributed by atoms with Crippen molar-refractivity contribution in [2.75, 3.05) is 25.2 Å². The Morgan fingerprint density at radius 1 is 1.11 bits per heavy atom. The largest absolute Gasteiger partial charge is 0.477 e. The van der Waals surface area contributed by atoms with Gasteiger partial charge in [-0.1, -0.05) is 31.2 Å². The molecule has 0 spiro atoms. The van der Waals surface area contributed by atoms with Gasteiger partial charge >= 0.3 is 5.97 Å². The summed E-state index contributed by atoms with van der Waals surface area (Å²) in [5.74, 6) is 0.208. The third-order valence-electron chi connectivity index (χ3n) is 7.09. The molecule has 7 nitrogen and oxygen atoms in total. The summed E-state index contributed by atoms with van der Waals surface area (Å²) < 4.78 is 11.2. The Labute approximate surface area is 219 Å². The fourth-order valence-electron chi connectivity index (χ4n) is 4.95. The number of rotatable bonds is 8. The number of nitrogens with zero attached hydrogens (tertiary/aromatic N) is 2. The molecular weight excluding hydrogens is 488 g/mol. The maximum Gasteiger partial charge on any atom is 0.348 e. The number of amides is 1. The Morgan fingerprint density at radius 2 is 1.84 bits per heavy atom. The van der Waals surface area contributed by atoms with Gasteiger partial charge in [0, 0.05) is 42.3 Å². The molecule has 8 heteroatoms. The van der Waals surface area contributed by atoms with Crippen LogP contribution in [0.3, 0.4) is 0 Å². The first-order chi connectivity index (χ1) is 17.9. The lowest BCUT2D eigenvalue weighted by molar-refractivity contribution is -0.123. The van der Waals surface area contributed by atoms with Gasteiger partial charge in [-0.2, -0.15) is 0 Å². The molecule has 1 fully saturated rings. The molecule has 1 saturated carbocycles. The first-order valence-electron chi connectivity index (χ1n) is 12.6. The molecule has 3 aromatic heterocycles. The number of anilines is 1. The Bertz CT molecular complexity index is 1370. The highest BCUT2D eigenvalue weighted by Gasteiger charge is 2.32. The topological polar surface area (TPSA) is 92.9 Å². The zero-order valence-corrected chi connectivity index (χ0v) is 21.8. The molecule has 4 aromatic rings. The smallest absolute Gasteiger partial charge is 0.348 e. The normalized spacial score (nSPS) is 17.7. The van der Waals surface area contributed by atoms with Crippen molar-refractivity contribution in [3.63, 3.8) is 0 Å². The summed E-state index contributed by atoms with van der Waals surface area (Å²) in [7, 11) is 1.59. The van der Waals surface area contributed by atoms with Crippen molar-refractivity contribution in [1.82, 2.24) is 4.98 Å². The summed E-state index contributed by atoms with van der Waals surface area (Å²) in [5, 5.41) is 10.0. The fraction of sp³-hybridized carbons (Fsp3) is 0.345. The van der Waals surface area contributed by atoms with Gasteiger partial charge in [0.25, 0.3) is 0 Å². The van der Waals surface area contributed by atoms with E-state index in [0.717, 1.165) is 58.5 Å². The molecular formula is C29H30N2O5S. The van der Waals surface area contributed by atoms with Gasteiger partial charge in [0.1, 0.15) is 16.2 Å². The first-order valence-corrected chi connectivity index (χ1v) is 13.4. The third-order valence-corrected chi connectivity index (χ3v) is 8.25. The Balaban J connectivity index is 1.45. The molecule has 0 saturated heterocycles. The van der Waals surface area contributed by atoms with E-state index in [4.69, 9.17) is 9.15 Å². The number of furan rings is 1. The van der Waals surface area contributed by atoms with E-state index in [1.165, 1.54) is 11.3 Å². The van der Waals surface area contributed by atoms with E-state index >= 15 is 0 Å². The summed E-state index contributed by atoms with van der Waals surface area (Å²) >= 11 is 1.18. The van der Waals surface area contributed by atoms with Crippen molar-refractivity contribution in [3.8, 4) is 21.8 Å². The average Bonchev–Trinajstić information content (AvgIpc) is 3.55. The van der Waals surface area contributed by atoms with Gasteiger partial charge in [-0.3, -0.25) is 9.78 Å². The van der Waals surface area contributed by atoms with Crippen molar-refractivity contribution < 1.29 is 23.8 Å². The summed E-state index contributed by atoms with van der Waals surface area (Å²) in [5.41, 5.74) is 3.75. The van der Waals surface area contributed by atoms with Crippen molar-refractivity contribution in [1.29, 1.82) is 0 Å². The number of hydrogen-bond acceptors (Lipinski definition) is 6. The third kappa shape index (κ3) is 5.31. The predicted octanol–water partition coefficient (Wildman–Crippen LogP) is 6.73. The molecule has 5 rings (SSSR count). The quantitative estimate of drug-likeness (QED) is 0.278. The highest BCUT2D eigenvalue weighted by molar-refractivity contribution is 7.18. The second kappa shape index (κ2) is 10.9. The summed E-state index contributed by atoms with van der Waals surface area (Å²) in [4.78, 5) is 32.7. The minimum absolute atomic E-state index is 0.00959. The highest BCUT2D eigenvalue weighted by Crippen LogP contribution is 2.39. The van der Waals surface area contributed by atoms with Gasteiger partial charge in [-0.25, -0.2) is 4.79 Å². The standard InChI is InChI=1S/C29H30N2O5S/c1-18-5-7-21(8-6-18)28(32)31(14-15-35-2)23-17-26(37-27(23)29(33)34)20-11-9-19(10-12-20)25-16-22-24(36-25)4-3-13-30-22/h3-4,9-13,16-18,21H,5-8,14-15H2,1-2H3,(H,33,34)/t18-,21-. The van der Waals surface area contributed by atoms with Crippen LogP contribution in [0.1, 0.15) is 42.3 Å². The average molecular weight is 519 g/mol. The molecule has 0 atom stereocenters. The second-order valence-corrected chi connectivity index (χ2v) is 10.7. The zero-order valence-electron chi connectivity index (χ0n) is 21.0. The van der Waals surface area contributed by atoms with E-state index in [9.17, 15) is 14.7 Å². The molecule has 1 amide bonds. The van der Waals surface area contributed by atoms with Crippen molar-refractivity contribution >= 4 is 40.0 Å². The van der Waals surface area contributed by atoms with Gasteiger partial charge < -0.3 is 19.2 Å². The van der Waals surface area contributed by atoms with Crippen LogP contribution in [-0.2, 0) is 9.53 Å². The SMILES string of the molecule is COCCN(c1cc(-c2ccc(-c3cc4ncccc4o3)cc2)sc1C(=O)O)C(=O)[C@H]1CC[C@H](C)CC1. The zero-order chi connectivity index (χ0) is 25.9. The van der Waals surface area contributed by atoms with E-state index in [1.807, 2.05) is 48.5 Å². The lowest BCUT2D eigenvalue weighted by Crippen LogP contribution is -2.40. The number of carbonyl (C=O) groups excluding carboxylic acids is 1. The number of thiophene rings is 1. The van der Waals surface area contributed by atoms with Gasteiger partial charge in [0.15, 0.2) is 5.58 Å². The van der Waals surface area contributed by atoms with Crippen LogP contribution in [0.25, 0.3) is 32.9 Å². The minimum atomic E-state index is -1.04. The monoisotopic (exact) mass is 518 g/mol. The van der Waals surface area contributed by atoms with Crippen LogP contribution in [0.5, 0.6) is 0 Å². The number of methoxy groups -OCH3 is 1. The van der Waals surface area contributed by atoms with Crippen molar-refractivity contribution in [2.24, 2.45) is 11.8 Å². The molecule has 1 N–H and O–H groups in total. The maximum atomic E-state index is 13.6. The predicted molar refractivity (Wildman–Crippen MR) is 145 cm³/mol. The van der Waals surface area contributed by atoms with Gasteiger partial charge in [0.05, 0.1) is 12.3 Å². The number of carboxylic acid groups (broad SMARTS) is 1. The van der Waals surface area contributed by atoms with Crippen LogP contribution in [-0.4, -0.2) is 42.2 Å². The van der Waals surface area contributed by atoms with E-state index in [-0.39, 0.29) is 16.7 Å². The molecule has 0 radical (unpaired) electrons. The van der Waals surface area contributed by atoms with Gasteiger partial charge in [-0.15, -0.1) is 11.3 Å².